The molecule has 0 atom stereocenters. The number of carbonyl (C=O) groups is 1. The van der Waals surface area contributed by atoms with E-state index in [0.717, 1.165) is 10.4 Å². The Morgan fingerprint density at radius 3 is 2.88 bits per heavy atom. The Balaban J connectivity index is 2.82. The zero-order chi connectivity index (χ0) is 12.8. The van der Waals surface area contributed by atoms with Crippen LogP contribution in [0.3, 0.4) is 0 Å². The fraction of sp³-hybridized carbons (Fsp3) is 0.462. The molecule has 0 saturated heterocycles. The number of thiophene rings is 1. The Labute approximate surface area is 106 Å². The first-order valence-electron chi connectivity index (χ1n) is 5.55. The molecule has 0 spiro atoms. The lowest BCUT2D eigenvalue weighted by atomic mass is 10.2. The van der Waals surface area contributed by atoms with E-state index in [1.807, 2.05) is 26.8 Å². The highest BCUT2D eigenvalue weighted by atomic mass is 32.1. The molecule has 0 aliphatic carbocycles. The van der Waals surface area contributed by atoms with E-state index in [9.17, 15) is 4.79 Å². The minimum atomic E-state index is -0.0525. The molecule has 1 heterocycles. The lowest BCUT2D eigenvalue weighted by molar-refractivity contribution is 0.0947. The largest absolute Gasteiger partial charge is 0.395 e. The average Bonchev–Trinajstić information content (AvgIpc) is 2.60. The van der Waals surface area contributed by atoms with E-state index >= 15 is 0 Å². The number of hydrogen-bond acceptors (Lipinski definition) is 3. The van der Waals surface area contributed by atoms with Gasteiger partial charge in [-0.1, -0.05) is 11.8 Å². The van der Waals surface area contributed by atoms with Crippen molar-refractivity contribution in [3.63, 3.8) is 0 Å². The van der Waals surface area contributed by atoms with Crippen LogP contribution < -0.4 is 5.32 Å². The van der Waals surface area contributed by atoms with Crippen LogP contribution in [0.25, 0.3) is 0 Å². The molecule has 0 radical (unpaired) electrons. The minimum absolute atomic E-state index is 0.0525. The number of aliphatic hydroxyl groups is 1. The molecular formula is C13H17NO2S. The van der Waals surface area contributed by atoms with E-state index in [-0.39, 0.29) is 18.6 Å². The lowest BCUT2D eigenvalue weighted by Crippen LogP contribution is -2.29. The molecule has 17 heavy (non-hydrogen) atoms. The number of amides is 1. The highest BCUT2D eigenvalue weighted by Gasteiger charge is 2.11. The van der Waals surface area contributed by atoms with Crippen molar-refractivity contribution in [2.45, 2.75) is 33.2 Å². The highest BCUT2D eigenvalue weighted by Crippen LogP contribution is 2.20. The Morgan fingerprint density at radius 2 is 2.29 bits per heavy atom. The van der Waals surface area contributed by atoms with Gasteiger partial charge >= 0.3 is 0 Å². The summed E-state index contributed by atoms with van der Waals surface area (Å²) in [5, 5.41) is 11.5. The normalized spacial score (nSPS) is 9.94. The van der Waals surface area contributed by atoms with Crippen LogP contribution in [-0.4, -0.2) is 23.7 Å². The molecule has 0 aliphatic heterocycles. The summed E-state index contributed by atoms with van der Waals surface area (Å²) < 4.78 is 0. The lowest BCUT2D eigenvalue weighted by Gasteiger charge is -2.05. The summed E-state index contributed by atoms with van der Waals surface area (Å²) in [6.45, 7) is 5.87. The summed E-state index contributed by atoms with van der Waals surface area (Å²) >= 11 is 1.39. The average molecular weight is 251 g/mol. The maximum atomic E-state index is 11.8. The van der Waals surface area contributed by atoms with Crippen LogP contribution in [0.2, 0.25) is 0 Å². The number of nitrogens with one attached hydrogen (secondary N) is 1. The maximum Gasteiger partial charge on any atom is 0.261 e. The monoisotopic (exact) mass is 251 g/mol. The molecule has 1 aromatic heterocycles. The topological polar surface area (TPSA) is 49.3 Å². The molecule has 0 bridgehead atoms. The standard InChI is InChI=1S/C13H17NO2S/c1-9(2)14-13(16)12-8-10(3)11(17-12)6-4-5-7-15/h8-9,15H,5,7H2,1-3H3,(H,14,16). The predicted octanol–water partition coefficient (Wildman–Crippen LogP) is 1.93. The number of aliphatic hydroxyl groups excluding tert-OH is 1. The van der Waals surface area contributed by atoms with Crippen molar-refractivity contribution in [2.75, 3.05) is 6.61 Å². The van der Waals surface area contributed by atoms with Crippen molar-refractivity contribution in [1.82, 2.24) is 5.32 Å². The summed E-state index contributed by atoms with van der Waals surface area (Å²) in [5.74, 6) is 5.78. The van der Waals surface area contributed by atoms with E-state index in [1.165, 1.54) is 11.3 Å². The molecule has 0 aliphatic rings. The summed E-state index contributed by atoms with van der Waals surface area (Å²) in [4.78, 5) is 13.3. The third-order valence-electron chi connectivity index (χ3n) is 2.00. The van der Waals surface area contributed by atoms with Crippen LogP contribution in [0, 0.1) is 18.8 Å². The Morgan fingerprint density at radius 1 is 1.59 bits per heavy atom. The number of hydrogen-bond donors (Lipinski definition) is 2. The first kappa shape index (κ1) is 13.8. The molecule has 2 N–H and O–H groups in total. The van der Waals surface area contributed by atoms with Crippen LogP contribution in [0.4, 0.5) is 0 Å². The van der Waals surface area contributed by atoms with Crippen molar-refractivity contribution in [1.29, 1.82) is 0 Å². The number of rotatable bonds is 3. The van der Waals surface area contributed by atoms with Crippen molar-refractivity contribution in [3.05, 3.63) is 21.4 Å². The van der Waals surface area contributed by atoms with Gasteiger partial charge in [0.25, 0.3) is 5.91 Å². The smallest absolute Gasteiger partial charge is 0.261 e. The van der Waals surface area contributed by atoms with Gasteiger partial charge in [0.1, 0.15) is 0 Å². The van der Waals surface area contributed by atoms with E-state index in [4.69, 9.17) is 5.11 Å². The zero-order valence-corrected chi connectivity index (χ0v) is 11.1. The summed E-state index contributed by atoms with van der Waals surface area (Å²) in [5.41, 5.74) is 1.01. The van der Waals surface area contributed by atoms with Crippen molar-refractivity contribution in [2.24, 2.45) is 0 Å². The summed E-state index contributed by atoms with van der Waals surface area (Å²) in [7, 11) is 0. The van der Waals surface area contributed by atoms with E-state index in [0.29, 0.717) is 11.3 Å². The zero-order valence-electron chi connectivity index (χ0n) is 10.3. The van der Waals surface area contributed by atoms with E-state index in [1.54, 1.807) is 0 Å². The first-order valence-corrected chi connectivity index (χ1v) is 6.37. The van der Waals surface area contributed by atoms with Gasteiger partial charge in [0.15, 0.2) is 0 Å². The second-order valence-corrected chi connectivity index (χ2v) is 5.08. The molecule has 1 rings (SSSR count). The molecule has 3 nitrogen and oxygen atoms in total. The molecule has 0 aromatic carbocycles. The maximum absolute atomic E-state index is 11.8. The van der Waals surface area contributed by atoms with Gasteiger partial charge in [0.05, 0.1) is 16.4 Å². The molecule has 4 heteroatoms. The third-order valence-corrected chi connectivity index (χ3v) is 3.15. The van der Waals surface area contributed by atoms with E-state index in [2.05, 4.69) is 17.2 Å². The van der Waals surface area contributed by atoms with E-state index < -0.39 is 0 Å². The minimum Gasteiger partial charge on any atom is -0.395 e. The van der Waals surface area contributed by atoms with Gasteiger partial charge in [-0.15, -0.1) is 11.3 Å². The Bertz CT molecular complexity index is 452. The van der Waals surface area contributed by atoms with Gasteiger partial charge in [0.2, 0.25) is 0 Å². The first-order chi connectivity index (χ1) is 8.04. The van der Waals surface area contributed by atoms with Crippen LogP contribution in [0.15, 0.2) is 6.07 Å². The van der Waals surface area contributed by atoms with Gasteiger partial charge in [0, 0.05) is 12.5 Å². The van der Waals surface area contributed by atoms with Crippen molar-refractivity contribution < 1.29 is 9.90 Å². The predicted molar refractivity (Wildman–Crippen MR) is 70.2 cm³/mol. The van der Waals surface area contributed by atoms with Gasteiger partial charge in [-0.25, -0.2) is 0 Å². The quantitative estimate of drug-likeness (QED) is 0.806. The number of carbonyl (C=O) groups excluding carboxylic acids is 1. The Kier molecular flexibility index (Phi) is 5.20. The van der Waals surface area contributed by atoms with Crippen LogP contribution in [0.5, 0.6) is 0 Å². The summed E-state index contributed by atoms with van der Waals surface area (Å²) in [6, 6.07) is 1.99. The fourth-order valence-corrected chi connectivity index (χ4v) is 2.20. The molecule has 92 valence electrons. The third kappa shape index (κ3) is 4.22. The van der Waals surface area contributed by atoms with Crippen molar-refractivity contribution >= 4 is 17.2 Å². The van der Waals surface area contributed by atoms with Gasteiger partial charge in [-0.3, -0.25) is 4.79 Å². The SMILES string of the molecule is Cc1cc(C(=O)NC(C)C)sc1C#CCCO. The molecule has 1 aromatic rings. The van der Waals surface area contributed by atoms with Crippen LogP contribution in [0.1, 0.15) is 40.4 Å². The molecular weight excluding hydrogens is 234 g/mol. The van der Waals surface area contributed by atoms with Crippen LogP contribution in [-0.2, 0) is 0 Å². The second-order valence-electron chi connectivity index (χ2n) is 4.03. The molecule has 0 unspecified atom stereocenters. The molecule has 0 fully saturated rings. The van der Waals surface area contributed by atoms with Gasteiger partial charge < -0.3 is 10.4 Å². The van der Waals surface area contributed by atoms with Gasteiger partial charge in [-0.2, -0.15) is 0 Å². The number of aryl methyl sites for hydroxylation is 1. The second kappa shape index (κ2) is 6.43. The molecule has 0 saturated carbocycles. The highest BCUT2D eigenvalue weighted by molar-refractivity contribution is 7.14. The molecule has 1 amide bonds. The Hall–Kier alpha value is -1.31. The van der Waals surface area contributed by atoms with Crippen molar-refractivity contribution in [3.8, 4) is 11.8 Å². The van der Waals surface area contributed by atoms with Gasteiger partial charge in [-0.05, 0) is 32.4 Å². The fourth-order valence-electron chi connectivity index (χ4n) is 1.25. The van der Waals surface area contributed by atoms with Crippen LogP contribution >= 0.6 is 11.3 Å². The summed E-state index contributed by atoms with van der Waals surface area (Å²) in [6.07, 6.45) is 0.463.